The van der Waals surface area contributed by atoms with Crippen molar-refractivity contribution in [1.82, 2.24) is 5.43 Å². The molecule has 0 heterocycles. The quantitative estimate of drug-likeness (QED) is 0.676. The molecule has 0 atom stereocenters. The Morgan fingerprint density at radius 3 is 2.68 bits per heavy atom. The summed E-state index contributed by atoms with van der Waals surface area (Å²) >= 11 is 0. The van der Waals surface area contributed by atoms with Gasteiger partial charge in [-0.05, 0) is 36.2 Å². The van der Waals surface area contributed by atoms with Gasteiger partial charge < -0.3 is 4.74 Å². The fourth-order valence-electron chi connectivity index (χ4n) is 1.77. The second kappa shape index (κ2) is 6.00. The molecule has 2 rings (SSSR count). The van der Waals surface area contributed by atoms with Crippen LogP contribution in [0.1, 0.15) is 19.4 Å². The van der Waals surface area contributed by atoms with E-state index in [1.54, 1.807) is 6.92 Å². The third kappa shape index (κ3) is 3.31. The number of ether oxygens (including phenoxy) is 1. The zero-order chi connectivity index (χ0) is 13.7. The van der Waals surface area contributed by atoms with Gasteiger partial charge in [0.05, 0.1) is 12.3 Å². The number of hydrazone groups is 1. The molecule has 19 heavy (non-hydrogen) atoms. The number of nitrogens with zero attached hydrogens (tertiary/aromatic N) is 1. The van der Waals surface area contributed by atoms with Gasteiger partial charge >= 0.3 is 6.09 Å². The molecule has 0 saturated heterocycles. The molecule has 2 aromatic rings. The van der Waals surface area contributed by atoms with Crippen LogP contribution in [0.3, 0.4) is 0 Å². The molecule has 98 valence electrons. The molecule has 0 saturated carbocycles. The number of benzene rings is 2. The maximum absolute atomic E-state index is 11.2. The van der Waals surface area contributed by atoms with Gasteiger partial charge in [0, 0.05) is 0 Å². The molecular weight excluding hydrogens is 240 g/mol. The van der Waals surface area contributed by atoms with Crippen LogP contribution in [0.15, 0.2) is 47.6 Å². The van der Waals surface area contributed by atoms with E-state index in [0.29, 0.717) is 6.61 Å². The zero-order valence-electron chi connectivity index (χ0n) is 11.0. The van der Waals surface area contributed by atoms with Crippen molar-refractivity contribution in [3.63, 3.8) is 0 Å². The van der Waals surface area contributed by atoms with Crippen molar-refractivity contribution in [2.75, 3.05) is 6.61 Å². The molecule has 0 radical (unpaired) electrons. The number of rotatable bonds is 3. The summed E-state index contributed by atoms with van der Waals surface area (Å²) in [6, 6.07) is 14.2. The number of carbonyl (C=O) groups is 1. The highest BCUT2D eigenvalue weighted by atomic mass is 16.5. The topological polar surface area (TPSA) is 50.7 Å². The van der Waals surface area contributed by atoms with Gasteiger partial charge in [0.2, 0.25) is 0 Å². The first-order valence-electron chi connectivity index (χ1n) is 6.17. The highest BCUT2D eigenvalue weighted by Crippen LogP contribution is 2.16. The summed E-state index contributed by atoms with van der Waals surface area (Å²) < 4.78 is 4.74. The Hall–Kier alpha value is -2.36. The van der Waals surface area contributed by atoms with E-state index in [0.717, 1.165) is 16.7 Å². The average molecular weight is 256 g/mol. The van der Waals surface area contributed by atoms with E-state index in [2.05, 4.69) is 16.6 Å². The minimum atomic E-state index is -0.539. The second-order valence-corrected chi connectivity index (χ2v) is 4.09. The lowest BCUT2D eigenvalue weighted by Gasteiger charge is -2.04. The third-order valence-corrected chi connectivity index (χ3v) is 2.76. The molecule has 0 aliphatic carbocycles. The van der Waals surface area contributed by atoms with Crippen molar-refractivity contribution in [3.8, 4) is 0 Å². The first kappa shape index (κ1) is 13.1. The highest BCUT2D eigenvalue weighted by molar-refractivity contribution is 6.02. The second-order valence-electron chi connectivity index (χ2n) is 4.09. The fourth-order valence-corrected chi connectivity index (χ4v) is 1.77. The maximum atomic E-state index is 11.2. The summed E-state index contributed by atoms with van der Waals surface area (Å²) in [6.07, 6.45) is -0.539. The molecule has 1 N–H and O–H groups in total. The Morgan fingerprint density at radius 1 is 1.21 bits per heavy atom. The smallest absolute Gasteiger partial charge is 0.427 e. The Labute approximate surface area is 112 Å². The van der Waals surface area contributed by atoms with E-state index in [1.165, 1.54) is 5.39 Å². The number of fused-ring (bicyclic) bond motifs is 1. The summed E-state index contributed by atoms with van der Waals surface area (Å²) in [5.74, 6) is 0. The van der Waals surface area contributed by atoms with Crippen molar-refractivity contribution in [2.24, 2.45) is 5.10 Å². The standard InChI is InChI=1S/C15H16N2O2/c1-3-19-15(18)17-16-11(2)13-9-8-12-6-4-5-7-14(12)10-13/h4-10H,3H2,1-2H3,(H,17,18)/b16-11+. The van der Waals surface area contributed by atoms with Crippen LogP contribution in [-0.4, -0.2) is 18.4 Å². The van der Waals surface area contributed by atoms with Crippen LogP contribution in [0.25, 0.3) is 10.8 Å². The van der Waals surface area contributed by atoms with Crippen molar-refractivity contribution in [2.45, 2.75) is 13.8 Å². The molecule has 2 aromatic carbocycles. The molecule has 0 spiro atoms. The van der Waals surface area contributed by atoms with E-state index >= 15 is 0 Å². The van der Waals surface area contributed by atoms with Crippen LogP contribution in [0.5, 0.6) is 0 Å². The third-order valence-electron chi connectivity index (χ3n) is 2.76. The van der Waals surface area contributed by atoms with Crippen LogP contribution in [0.2, 0.25) is 0 Å². The summed E-state index contributed by atoms with van der Waals surface area (Å²) in [5, 5.41) is 6.33. The number of nitrogens with one attached hydrogen (secondary N) is 1. The van der Waals surface area contributed by atoms with E-state index < -0.39 is 6.09 Å². The highest BCUT2D eigenvalue weighted by Gasteiger charge is 2.01. The number of carbonyl (C=O) groups excluding carboxylic acids is 1. The van der Waals surface area contributed by atoms with Crippen LogP contribution < -0.4 is 5.43 Å². The fraction of sp³-hybridized carbons (Fsp3) is 0.200. The number of hydrogen-bond donors (Lipinski definition) is 1. The average Bonchev–Trinajstić information content (AvgIpc) is 2.44. The molecule has 0 bridgehead atoms. The first-order valence-corrected chi connectivity index (χ1v) is 6.17. The molecule has 0 aliphatic heterocycles. The largest absolute Gasteiger partial charge is 0.449 e. The lowest BCUT2D eigenvalue weighted by molar-refractivity contribution is 0.152. The predicted molar refractivity (Wildman–Crippen MR) is 76.3 cm³/mol. The van der Waals surface area contributed by atoms with Gasteiger partial charge in [0.25, 0.3) is 0 Å². The lowest BCUT2D eigenvalue weighted by Crippen LogP contribution is -2.20. The Balaban J connectivity index is 2.19. The van der Waals surface area contributed by atoms with Gasteiger partial charge in [-0.25, -0.2) is 10.2 Å². The van der Waals surface area contributed by atoms with Crippen molar-refractivity contribution >= 4 is 22.6 Å². The van der Waals surface area contributed by atoms with Crippen LogP contribution in [0, 0.1) is 0 Å². The van der Waals surface area contributed by atoms with Gasteiger partial charge in [-0.3, -0.25) is 0 Å². The maximum Gasteiger partial charge on any atom is 0.427 e. The van der Waals surface area contributed by atoms with Gasteiger partial charge in [0.1, 0.15) is 0 Å². The predicted octanol–water partition coefficient (Wildman–Crippen LogP) is 3.31. The summed E-state index contributed by atoms with van der Waals surface area (Å²) in [4.78, 5) is 11.2. The minimum Gasteiger partial charge on any atom is -0.449 e. The monoisotopic (exact) mass is 256 g/mol. The van der Waals surface area contributed by atoms with Crippen molar-refractivity contribution < 1.29 is 9.53 Å². The molecule has 0 aromatic heterocycles. The Bertz CT molecular complexity index is 620. The summed E-state index contributed by atoms with van der Waals surface area (Å²) in [6.45, 7) is 3.92. The SMILES string of the molecule is CCOC(=O)N/N=C(\C)c1ccc2ccccc2c1. The van der Waals surface area contributed by atoms with Crippen LogP contribution in [0.4, 0.5) is 4.79 Å². The van der Waals surface area contributed by atoms with Crippen molar-refractivity contribution in [3.05, 3.63) is 48.0 Å². The van der Waals surface area contributed by atoms with Gasteiger partial charge in [0.15, 0.2) is 0 Å². The van der Waals surface area contributed by atoms with Gasteiger partial charge in [-0.2, -0.15) is 5.10 Å². The van der Waals surface area contributed by atoms with E-state index in [-0.39, 0.29) is 0 Å². The zero-order valence-corrected chi connectivity index (χ0v) is 11.0. The van der Waals surface area contributed by atoms with Crippen molar-refractivity contribution in [1.29, 1.82) is 0 Å². The molecule has 4 nitrogen and oxygen atoms in total. The molecule has 1 amide bonds. The Morgan fingerprint density at radius 2 is 1.95 bits per heavy atom. The van der Waals surface area contributed by atoms with Gasteiger partial charge in [-0.1, -0.05) is 36.4 Å². The molecular formula is C15H16N2O2. The van der Waals surface area contributed by atoms with E-state index in [4.69, 9.17) is 4.74 Å². The normalized spacial score (nSPS) is 11.4. The van der Waals surface area contributed by atoms with E-state index in [9.17, 15) is 4.79 Å². The molecule has 4 heteroatoms. The molecule has 0 aliphatic rings. The van der Waals surface area contributed by atoms with E-state index in [1.807, 2.05) is 43.3 Å². The minimum absolute atomic E-state index is 0.330. The number of hydrogen-bond acceptors (Lipinski definition) is 3. The first-order chi connectivity index (χ1) is 9.20. The Kier molecular flexibility index (Phi) is 4.13. The van der Waals surface area contributed by atoms with Crippen LogP contribution >= 0.6 is 0 Å². The summed E-state index contributed by atoms with van der Waals surface area (Å²) in [5.41, 5.74) is 4.06. The van der Waals surface area contributed by atoms with Crippen LogP contribution in [-0.2, 0) is 4.74 Å². The number of amides is 1. The lowest BCUT2D eigenvalue weighted by atomic mass is 10.0. The van der Waals surface area contributed by atoms with Gasteiger partial charge in [-0.15, -0.1) is 0 Å². The molecule has 0 fully saturated rings. The summed E-state index contributed by atoms with van der Waals surface area (Å²) in [7, 11) is 0. The molecule has 0 unspecified atom stereocenters.